The maximum absolute atomic E-state index is 13.4. The van der Waals surface area contributed by atoms with E-state index >= 15 is 0 Å². The van der Waals surface area contributed by atoms with Crippen LogP contribution < -0.4 is 0 Å². The van der Waals surface area contributed by atoms with Gasteiger partial charge in [-0.3, -0.25) is 4.79 Å². The molecule has 244 valence electrons. The number of aliphatic hydroxyl groups excluding tert-OH is 1. The van der Waals surface area contributed by atoms with Crippen LogP contribution in [0.15, 0.2) is 35.4 Å². The van der Waals surface area contributed by atoms with Crippen molar-refractivity contribution >= 4 is 11.9 Å². The highest BCUT2D eigenvalue weighted by Gasteiger charge is 2.56. The van der Waals surface area contributed by atoms with Crippen molar-refractivity contribution in [2.24, 2.45) is 5.11 Å². The van der Waals surface area contributed by atoms with E-state index in [4.69, 9.17) is 37.9 Å². The first-order chi connectivity index (χ1) is 21.4. The van der Waals surface area contributed by atoms with Crippen LogP contribution >= 0.6 is 0 Å². The number of benzene rings is 1. The molecule has 0 amide bonds. The topological polar surface area (TPSA) is 177 Å². The van der Waals surface area contributed by atoms with E-state index in [1.54, 1.807) is 0 Å². The molecule has 10 atom stereocenters. The molecule has 3 fully saturated rings. The van der Waals surface area contributed by atoms with Gasteiger partial charge < -0.3 is 43.0 Å². The molecule has 10 unspecified atom stereocenters. The minimum atomic E-state index is -1.48. The van der Waals surface area contributed by atoms with Crippen molar-refractivity contribution in [2.75, 3.05) is 19.8 Å². The van der Waals surface area contributed by atoms with Crippen LogP contribution in [0.3, 0.4) is 0 Å². The van der Waals surface area contributed by atoms with Gasteiger partial charge in [-0.1, -0.05) is 62.1 Å². The highest BCUT2D eigenvalue weighted by Crippen LogP contribution is 2.37. The molecule has 14 heteroatoms. The second-order valence-electron chi connectivity index (χ2n) is 11.0. The molecule has 1 aromatic carbocycles. The van der Waals surface area contributed by atoms with Crippen LogP contribution in [0.5, 0.6) is 0 Å². The van der Waals surface area contributed by atoms with Crippen molar-refractivity contribution in [2.45, 2.75) is 121 Å². The van der Waals surface area contributed by atoms with E-state index in [0.717, 1.165) is 18.4 Å². The third kappa shape index (κ3) is 8.67. The third-order valence-electron chi connectivity index (χ3n) is 7.67. The van der Waals surface area contributed by atoms with Crippen molar-refractivity contribution in [3.05, 3.63) is 46.3 Å². The number of esters is 2. The molecule has 0 aromatic heterocycles. The maximum Gasteiger partial charge on any atom is 0.338 e. The van der Waals surface area contributed by atoms with Crippen molar-refractivity contribution in [1.82, 2.24) is 0 Å². The molecule has 1 aromatic rings. The summed E-state index contributed by atoms with van der Waals surface area (Å²) in [6.07, 6.45) is -6.34. The zero-order chi connectivity index (χ0) is 31.5. The SMILES string of the molecule is CCCCOC1C(OC2C3CCOC(O3)C(N=[N+]=[N-])C2OC(C)=O)OC(C(=O)OCc2ccccc2)C(O)C1OCCCC. The third-order valence-corrected chi connectivity index (χ3v) is 7.67. The van der Waals surface area contributed by atoms with Crippen LogP contribution in [0.4, 0.5) is 0 Å². The van der Waals surface area contributed by atoms with E-state index in [2.05, 4.69) is 10.0 Å². The zero-order valence-corrected chi connectivity index (χ0v) is 25.4. The number of carbonyl (C=O) groups is 2. The smallest absolute Gasteiger partial charge is 0.338 e. The summed E-state index contributed by atoms with van der Waals surface area (Å²) in [7, 11) is 0. The lowest BCUT2D eigenvalue weighted by Crippen LogP contribution is -2.66. The van der Waals surface area contributed by atoms with Crippen LogP contribution in [0, 0.1) is 0 Å². The number of aliphatic hydroxyl groups is 1. The predicted molar refractivity (Wildman–Crippen MR) is 153 cm³/mol. The Kier molecular flexibility index (Phi) is 13.2. The van der Waals surface area contributed by atoms with Gasteiger partial charge >= 0.3 is 11.9 Å². The van der Waals surface area contributed by atoms with E-state index in [1.165, 1.54) is 6.92 Å². The van der Waals surface area contributed by atoms with Gasteiger partial charge in [0, 0.05) is 25.0 Å². The summed E-state index contributed by atoms with van der Waals surface area (Å²) in [5.74, 6) is -1.43. The Balaban J connectivity index is 1.64. The van der Waals surface area contributed by atoms with E-state index in [-0.39, 0.29) is 13.2 Å². The summed E-state index contributed by atoms with van der Waals surface area (Å²) in [4.78, 5) is 28.4. The van der Waals surface area contributed by atoms with Crippen molar-refractivity contribution in [3.8, 4) is 0 Å². The number of hydrogen-bond acceptors (Lipinski definition) is 12. The first-order valence-electron chi connectivity index (χ1n) is 15.3. The van der Waals surface area contributed by atoms with Gasteiger partial charge in [-0.15, -0.1) is 0 Å². The lowest BCUT2D eigenvalue weighted by atomic mass is 9.93. The average molecular weight is 622 g/mol. The van der Waals surface area contributed by atoms with E-state index < -0.39 is 73.3 Å². The molecule has 3 saturated heterocycles. The summed E-state index contributed by atoms with van der Waals surface area (Å²) >= 11 is 0. The van der Waals surface area contributed by atoms with Gasteiger partial charge in [-0.05, 0) is 30.4 Å². The number of hydrogen-bond donors (Lipinski definition) is 1. The second kappa shape index (κ2) is 17.0. The minimum absolute atomic E-state index is 0.0299. The van der Waals surface area contributed by atoms with Crippen LogP contribution in [0.2, 0.25) is 0 Å². The molecule has 14 nitrogen and oxygen atoms in total. The molecule has 3 aliphatic heterocycles. The van der Waals surface area contributed by atoms with Gasteiger partial charge in [0.1, 0.15) is 43.2 Å². The molecule has 0 spiro atoms. The highest BCUT2D eigenvalue weighted by molar-refractivity contribution is 5.75. The van der Waals surface area contributed by atoms with Crippen molar-refractivity contribution < 1.29 is 52.6 Å². The minimum Gasteiger partial charge on any atom is -0.459 e. The Labute approximate surface area is 256 Å². The van der Waals surface area contributed by atoms with Crippen LogP contribution in [-0.2, 0) is 54.1 Å². The Morgan fingerprint density at radius 3 is 2.39 bits per heavy atom. The maximum atomic E-state index is 13.4. The molecule has 44 heavy (non-hydrogen) atoms. The number of unbranched alkanes of at least 4 members (excludes halogenated alkanes) is 2. The van der Waals surface area contributed by atoms with Gasteiger partial charge in [-0.25, -0.2) is 4.79 Å². The summed E-state index contributed by atoms with van der Waals surface area (Å²) in [5, 5.41) is 15.2. The van der Waals surface area contributed by atoms with Crippen molar-refractivity contribution in [1.29, 1.82) is 0 Å². The Morgan fingerprint density at radius 1 is 1.02 bits per heavy atom. The summed E-state index contributed by atoms with van der Waals surface area (Å²) in [6.45, 7) is 6.12. The van der Waals surface area contributed by atoms with E-state index in [0.29, 0.717) is 32.5 Å². The molecule has 0 saturated carbocycles. The number of fused-ring (bicyclic) bond motifs is 2. The number of ether oxygens (including phenoxy) is 8. The normalized spacial score (nSPS) is 33.2. The number of carbonyl (C=O) groups excluding carboxylic acids is 2. The Bertz CT molecular complexity index is 1100. The first-order valence-corrected chi connectivity index (χ1v) is 15.3. The van der Waals surface area contributed by atoms with Gasteiger partial charge in [0.2, 0.25) is 0 Å². The molecular weight excluding hydrogens is 578 g/mol. The first kappa shape index (κ1) is 34.1. The molecule has 1 N–H and O–H groups in total. The quantitative estimate of drug-likeness (QED) is 0.0999. The Morgan fingerprint density at radius 2 is 1.73 bits per heavy atom. The number of azide groups is 1. The molecule has 3 aliphatic rings. The molecule has 2 bridgehead atoms. The highest BCUT2D eigenvalue weighted by atomic mass is 16.8. The van der Waals surface area contributed by atoms with E-state index in [9.17, 15) is 20.2 Å². The zero-order valence-electron chi connectivity index (χ0n) is 25.4. The Hall–Kier alpha value is -2.81. The average Bonchev–Trinajstić information content (AvgIpc) is 3.02. The summed E-state index contributed by atoms with van der Waals surface area (Å²) in [6, 6.07) is 8.07. The molecule has 0 radical (unpaired) electrons. The van der Waals surface area contributed by atoms with Gasteiger partial charge in [0.05, 0.1) is 12.7 Å². The van der Waals surface area contributed by atoms with Crippen LogP contribution in [0.1, 0.15) is 58.4 Å². The van der Waals surface area contributed by atoms with Gasteiger partial charge in [0.25, 0.3) is 0 Å². The number of nitrogens with zero attached hydrogens (tertiary/aromatic N) is 3. The van der Waals surface area contributed by atoms with Gasteiger partial charge in [-0.2, -0.15) is 0 Å². The molecule has 4 rings (SSSR count). The van der Waals surface area contributed by atoms with Gasteiger partial charge in [0.15, 0.2) is 18.7 Å². The fourth-order valence-electron chi connectivity index (χ4n) is 5.42. The fourth-order valence-corrected chi connectivity index (χ4v) is 5.42. The summed E-state index contributed by atoms with van der Waals surface area (Å²) in [5.41, 5.74) is 10.0. The molecule has 3 heterocycles. The number of rotatable bonds is 15. The lowest BCUT2D eigenvalue weighted by molar-refractivity contribution is -0.358. The van der Waals surface area contributed by atoms with Crippen LogP contribution in [0.25, 0.3) is 10.4 Å². The monoisotopic (exact) mass is 621 g/mol. The molecule has 0 aliphatic carbocycles. The van der Waals surface area contributed by atoms with Crippen molar-refractivity contribution in [3.63, 3.8) is 0 Å². The largest absolute Gasteiger partial charge is 0.459 e. The lowest BCUT2D eigenvalue weighted by Gasteiger charge is -2.50. The van der Waals surface area contributed by atoms with Crippen LogP contribution in [-0.4, -0.2) is 98.2 Å². The molecular formula is C30H43N3O11. The predicted octanol–water partition coefficient (Wildman–Crippen LogP) is 3.33. The fraction of sp³-hybridized carbons (Fsp3) is 0.733. The van der Waals surface area contributed by atoms with E-state index in [1.807, 2.05) is 44.2 Å². The second-order valence-corrected chi connectivity index (χ2v) is 11.0. The summed E-state index contributed by atoms with van der Waals surface area (Å²) < 4.78 is 47.7. The standard InChI is InChI=1S/C30H43N3O11/c1-4-6-14-37-25-22(35)26(28(36)40-17-19-11-9-8-10-12-19)44-30(27(25)38-15-7-5-2)43-23-20-13-16-39-29(42-20)21(32-33-31)24(23)41-18(3)34/h8-12,20-27,29-30,35H,4-7,13-17H2,1-3H3.